The first-order valence-electron chi connectivity index (χ1n) is 5.84. The first-order chi connectivity index (χ1) is 9.29. The number of aryl methyl sites for hydroxylation is 1. The van der Waals surface area contributed by atoms with Crippen LogP contribution in [0.1, 0.15) is 18.9 Å². The number of hydrogen-bond acceptors (Lipinski definition) is 4. The molecular formula is C12H15N3O5. The highest BCUT2D eigenvalue weighted by Crippen LogP contribution is 2.20. The maximum atomic E-state index is 11.6. The van der Waals surface area contributed by atoms with Crippen LogP contribution in [0.2, 0.25) is 0 Å². The number of benzene rings is 1. The largest absolute Gasteiger partial charge is 0.481 e. The van der Waals surface area contributed by atoms with E-state index in [4.69, 9.17) is 5.11 Å². The van der Waals surface area contributed by atoms with E-state index in [1.165, 1.54) is 18.2 Å². The summed E-state index contributed by atoms with van der Waals surface area (Å²) in [5.74, 6) is -1.01. The number of nitrogens with zero attached hydrogens (tertiary/aromatic N) is 1. The van der Waals surface area contributed by atoms with Crippen molar-refractivity contribution in [3.05, 3.63) is 33.9 Å². The maximum Gasteiger partial charge on any atom is 0.319 e. The number of amides is 2. The Labute approximate surface area is 114 Å². The summed E-state index contributed by atoms with van der Waals surface area (Å²) in [7, 11) is 0. The van der Waals surface area contributed by atoms with Gasteiger partial charge in [0.15, 0.2) is 0 Å². The fourth-order valence-corrected chi connectivity index (χ4v) is 1.60. The number of nitro benzene ring substituents is 1. The number of non-ortho nitro benzene ring substituents is 1. The third-order valence-electron chi connectivity index (χ3n) is 2.53. The SMILES string of the molecule is Cc1cc([N+](=O)[O-])ccc1NC(=O)NC(C)CC(=O)O. The molecule has 1 atom stereocenters. The first-order valence-corrected chi connectivity index (χ1v) is 5.84. The van der Waals surface area contributed by atoms with Crippen LogP contribution < -0.4 is 10.6 Å². The Hall–Kier alpha value is -2.64. The predicted molar refractivity (Wildman–Crippen MR) is 71.7 cm³/mol. The van der Waals surface area contributed by atoms with Gasteiger partial charge in [-0.15, -0.1) is 0 Å². The molecule has 0 fully saturated rings. The van der Waals surface area contributed by atoms with Crippen molar-refractivity contribution in [2.75, 3.05) is 5.32 Å². The molecule has 3 N–H and O–H groups in total. The average molecular weight is 281 g/mol. The molecule has 2 amide bonds. The summed E-state index contributed by atoms with van der Waals surface area (Å²) < 4.78 is 0. The van der Waals surface area contributed by atoms with Crippen molar-refractivity contribution in [1.82, 2.24) is 5.32 Å². The standard InChI is InChI=1S/C12H15N3O5/c1-7-5-9(15(19)20)3-4-10(7)14-12(18)13-8(2)6-11(16)17/h3-5,8H,6H2,1-2H3,(H,16,17)(H2,13,14,18). The lowest BCUT2D eigenvalue weighted by molar-refractivity contribution is -0.384. The Morgan fingerprint density at radius 2 is 2.10 bits per heavy atom. The minimum Gasteiger partial charge on any atom is -0.481 e. The van der Waals surface area contributed by atoms with Gasteiger partial charge in [-0.3, -0.25) is 14.9 Å². The van der Waals surface area contributed by atoms with Crippen LogP contribution in [0.15, 0.2) is 18.2 Å². The molecule has 0 radical (unpaired) electrons. The van der Waals surface area contributed by atoms with Crippen LogP contribution in [-0.2, 0) is 4.79 Å². The van der Waals surface area contributed by atoms with Gasteiger partial charge in [-0.1, -0.05) is 0 Å². The molecule has 20 heavy (non-hydrogen) atoms. The summed E-state index contributed by atoms with van der Waals surface area (Å²) in [6, 6.07) is 2.97. The molecule has 0 heterocycles. The summed E-state index contributed by atoms with van der Waals surface area (Å²) in [5, 5.41) is 24.1. The number of nitro groups is 1. The predicted octanol–water partition coefficient (Wildman–Crippen LogP) is 1.89. The molecule has 0 saturated heterocycles. The molecule has 0 saturated carbocycles. The van der Waals surface area contributed by atoms with Crippen LogP contribution in [0.25, 0.3) is 0 Å². The van der Waals surface area contributed by atoms with E-state index in [0.717, 1.165) is 0 Å². The second-order valence-corrected chi connectivity index (χ2v) is 4.35. The zero-order valence-electron chi connectivity index (χ0n) is 11.0. The van der Waals surface area contributed by atoms with Gasteiger partial charge in [-0.2, -0.15) is 0 Å². The summed E-state index contributed by atoms with van der Waals surface area (Å²) in [5.41, 5.74) is 0.906. The monoisotopic (exact) mass is 281 g/mol. The third-order valence-corrected chi connectivity index (χ3v) is 2.53. The Morgan fingerprint density at radius 3 is 2.60 bits per heavy atom. The number of carbonyl (C=O) groups excluding carboxylic acids is 1. The second kappa shape index (κ2) is 6.50. The highest BCUT2D eigenvalue weighted by Gasteiger charge is 2.13. The van der Waals surface area contributed by atoms with Crippen LogP contribution in [0.4, 0.5) is 16.2 Å². The fourth-order valence-electron chi connectivity index (χ4n) is 1.60. The van der Waals surface area contributed by atoms with Gasteiger partial charge in [0.1, 0.15) is 0 Å². The van der Waals surface area contributed by atoms with Gasteiger partial charge in [0.25, 0.3) is 5.69 Å². The maximum absolute atomic E-state index is 11.6. The first kappa shape index (κ1) is 15.4. The summed E-state index contributed by atoms with van der Waals surface area (Å²) in [6.07, 6.45) is -0.188. The topological polar surface area (TPSA) is 122 Å². The molecule has 0 aliphatic carbocycles. The van der Waals surface area contributed by atoms with E-state index in [0.29, 0.717) is 11.3 Å². The van der Waals surface area contributed by atoms with Gasteiger partial charge in [-0.05, 0) is 25.5 Å². The Bertz CT molecular complexity index is 544. The number of rotatable bonds is 5. The van der Waals surface area contributed by atoms with Gasteiger partial charge in [0.2, 0.25) is 0 Å². The minimum absolute atomic E-state index is 0.0623. The lowest BCUT2D eigenvalue weighted by Crippen LogP contribution is -2.37. The zero-order chi connectivity index (χ0) is 15.3. The zero-order valence-corrected chi connectivity index (χ0v) is 11.0. The van der Waals surface area contributed by atoms with Crippen LogP contribution >= 0.6 is 0 Å². The van der Waals surface area contributed by atoms with Crippen molar-refractivity contribution in [3.63, 3.8) is 0 Å². The van der Waals surface area contributed by atoms with E-state index in [1.54, 1.807) is 13.8 Å². The molecule has 1 rings (SSSR count). The summed E-state index contributed by atoms with van der Waals surface area (Å²) in [6.45, 7) is 3.19. The van der Waals surface area contributed by atoms with Gasteiger partial charge in [0.05, 0.1) is 11.3 Å². The number of nitrogens with one attached hydrogen (secondary N) is 2. The smallest absolute Gasteiger partial charge is 0.319 e. The van der Waals surface area contributed by atoms with Crippen LogP contribution in [0, 0.1) is 17.0 Å². The van der Waals surface area contributed by atoms with E-state index in [9.17, 15) is 19.7 Å². The number of carboxylic acids is 1. The Kier molecular flexibility index (Phi) is 5.01. The van der Waals surface area contributed by atoms with Crippen LogP contribution in [0.5, 0.6) is 0 Å². The highest BCUT2D eigenvalue weighted by atomic mass is 16.6. The molecule has 0 aromatic heterocycles. The quantitative estimate of drug-likeness (QED) is 0.562. The molecule has 0 bridgehead atoms. The van der Waals surface area contributed by atoms with Crippen molar-refractivity contribution in [2.24, 2.45) is 0 Å². The molecule has 8 nitrogen and oxygen atoms in total. The van der Waals surface area contributed by atoms with Crippen LogP contribution in [-0.4, -0.2) is 28.1 Å². The van der Waals surface area contributed by atoms with Crippen molar-refractivity contribution in [2.45, 2.75) is 26.3 Å². The molecule has 108 valence electrons. The van der Waals surface area contributed by atoms with E-state index in [1.807, 2.05) is 0 Å². The Morgan fingerprint density at radius 1 is 1.45 bits per heavy atom. The number of urea groups is 1. The van der Waals surface area contributed by atoms with Gasteiger partial charge in [-0.25, -0.2) is 4.79 Å². The average Bonchev–Trinajstić information content (AvgIpc) is 2.30. The molecule has 0 spiro atoms. The molecule has 1 aromatic rings. The van der Waals surface area contributed by atoms with Gasteiger partial charge < -0.3 is 15.7 Å². The van der Waals surface area contributed by atoms with Crippen molar-refractivity contribution in [3.8, 4) is 0 Å². The van der Waals surface area contributed by atoms with E-state index < -0.39 is 23.0 Å². The van der Waals surface area contributed by atoms with Gasteiger partial charge in [0, 0.05) is 23.9 Å². The number of aliphatic carboxylic acids is 1. The number of anilines is 1. The molecule has 0 aliphatic heterocycles. The lowest BCUT2D eigenvalue weighted by Gasteiger charge is -2.13. The summed E-state index contributed by atoms with van der Waals surface area (Å²) in [4.78, 5) is 32.2. The normalized spacial score (nSPS) is 11.5. The van der Waals surface area contributed by atoms with Crippen molar-refractivity contribution in [1.29, 1.82) is 0 Å². The van der Waals surface area contributed by atoms with Gasteiger partial charge >= 0.3 is 12.0 Å². The number of carbonyl (C=O) groups is 2. The van der Waals surface area contributed by atoms with Crippen molar-refractivity contribution < 1.29 is 19.6 Å². The Balaban J connectivity index is 2.67. The molecule has 8 heteroatoms. The lowest BCUT2D eigenvalue weighted by atomic mass is 10.2. The molecule has 0 aliphatic rings. The van der Waals surface area contributed by atoms with E-state index in [-0.39, 0.29) is 12.1 Å². The van der Waals surface area contributed by atoms with E-state index in [2.05, 4.69) is 10.6 Å². The number of hydrogen-bond donors (Lipinski definition) is 3. The summed E-state index contributed by atoms with van der Waals surface area (Å²) >= 11 is 0. The molecule has 1 unspecified atom stereocenters. The van der Waals surface area contributed by atoms with E-state index >= 15 is 0 Å². The fraction of sp³-hybridized carbons (Fsp3) is 0.333. The molecular weight excluding hydrogens is 266 g/mol. The third kappa shape index (κ3) is 4.56. The highest BCUT2D eigenvalue weighted by molar-refractivity contribution is 5.90. The molecule has 1 aromatic carbocycles. The minimum atomic E-state index is -1.01. The number of carboxylic acid groups (broad SMARTS) is 1. The van der Waals surface area contributed by atoms with Crippen LogP contribution in [0.3, 0.4) is 0 Å². The van der Waals surface area contributed by atoms with Crippen molar-refractivity contribution >= 4 is 23.4 Å². The second-order valence-electron chi connectivity index (χ2n) is 4.35.